The molecule has 106 valence electrons. The van der Waals surface area contributed by atoms with Gasteiger partial charge in [-0.25, -0.2) is 4.39 Å². The van der Waals surface area contributed by atoms with Gasteiger partial charge in [0.15, 0.2) is 0 Å². The second-order valence-electron chi connectivity index (χ2n) is 6.07. The predicted octanol–water partition coefficient (Wildman–Crippen LogP) is 4.61. The Balaban J connectivity index is 2.23. The van der Waals surface area contributed by atoms with E-state index in [4.69, 9.17) is 0 Å². The third-order valence-corrected chi connectivity index (χ3v) is 4.44. The minimum absolute atomic E-state index is 0.131. The largest absolute Gasteiger partial charge is 0.310 e. The van der Waals surface area contributed by atoms with Crippen LogP contribution >= 0.6 is 0 Å². The van der Waals surface area contributed by atoms with Crippen molar-refractivity contribution in [3.8, 4) is 0 Å². The summed E-state index contributed by atoms with van der Waals surface area (Å²) in [6.07, 6.45) is 5.26. The molecule has 0 heterocycles. The van der Waals surface area contributed by atoms with Crippen molar-refractivity contribution >= 4 is 0 Å². The summed E-state index contributed by atoms with van der Waals surface area (Å²) in [7, 11) is 0. The van der Waals surface area contributed by atoms with E-state index in [-0.39, 0.29) is 5.82 Å². The van der Waals surface area contributed by atoms with Gasteiger partial charge in [0.2, 0.25) is 0 Å². The highest BCUT2D eigenvalue weighted by Crippen LogP contribution is 2.38. The Morgan fingerprint density at radius 1 is 1.37 bits per heavy atom. The lowest BCUT2D eigenvalue weighted by molar-refractivity contribution is 0.225. The molecule has 1 aliphatic carbocycles. The Bertz CT molecular complexity index is 416. The molecule has 1 N–H and O–H groups in total. The molecule has 0 radical (unpaired) electrons. The Kier molecular flexibility index (Phi) is 4.98. The number of aryl methyl sites for hydroxylation is 1. The van der Waals surface area contributed by atoms with Crippen LogP contribution in [0.25, 0.3) is 0 Å². The lowest BCUT2D eigenvalue weighted by Crippen LogP contribution is -2.31. The fourth-order valence-corrected chi connectivity index (χ4v) is 3.52. The molecule has 3 atom stereocenters. The predicted molar refractivity (Wildman–Crippen MR) is 78.7 cm³/mol. The summed E-state index contributed by atoms with van der Waals surface area (Å²) in [4.78, 5) is 0. The summed E-state index contributed by atoms with van der Waals surface area (Å²) in [5.74, 6) is 1.38. The van der Waals surface area contributed by atoms with Crippen LogP contribution in [0.5, 0.6) is 0 Å². The molecular formula is C17H26FN. The number of halogens is 1. The molecule has 0 amide bonds. The number of hydrogen-bond donors (Lipinski definition) is 1. The smallest absolute Gasteiger partial charge is 0.123 e. The van der Waals surface area contributed by atoms with Gasteiger partial charge in [-0.15, -0.1) is 0 Å². The average Bonchev–Trinajstić information content (AvgIpc) is 2.37. The van der Waals surface area contributed by atoms with Crippen molar-refractivity contribution in [2.45, 2.75) is 52.5 Å². The second-order valence-corrected chi connectivity index (χ2v) is 6.07. The summed E-state index contributed by atoms with van der Waals surface area (Å²) in [5.41, 5.74) is 2.35. The van der Waals surface area contributed by atoms with Crippen LogP contribution in [-0.4, -0.2) is 6.54 Å². The standard InChI is InChI=1S/C17H26FN/c1-4-19-17(14-7-5-6-12(2)10-14)16-9-8-15(18)11-13(16)3/h8-9,11-12,14,17,19H,4-7,10H2,1-3H3. The molecule has 2 rings (SSSR count). The van der Waals surface area contributed by atoms with Gasteiger partial charge in [0.25, 0.3) is 0 Å². The van der Waals surface area contributed by atoms with Gasteiger partial charge in [0.1, 0.15) is 5.82 Å². The fourth-order valence-electron chi connectivity index (χ4n) is 3.52. The van der Waals surface area contributed by atoms with Crippen LogP contribution in [0.3, 0.4) is 0 Å². The first-order valence-corrected chi connectivity index (χ1v) is 7.61. The van der Waals surface area contributed by atoms with Gasteiger partial charge in [0.05, 0.1) is 0 Å². The van der Waals surface area contributed by atoms with E-state index in [2.05, 4.69) is 19.2 Å². The molecular weight excluding hydrogens is 237 g/mol. The summed E-state index contributed by atoms with van der Waals surface area (Å²) in [6, 6.07) is 5.61. The van der Waals surface area contributed by atoms with Gasteiger partial charge < -0.3 is 5.32 Å². The molecule has 0 aliphatic heterocycles. The molecule has 1 saturated carbocycles. The quantitative estimate of drug-likeness (QED) is 0.836. The number of benzene rings is 1. The maximum Gasteiger partial charge on any atom is 0.123 e. The zero-order valence-electron chi connectivity index (χ0n) is 12.4. The van der Waals surface area contributed by atoms with Crippen LogP contribution in [0.1, 0.15) is 56.7 Å². The van der Waals surface area contributed by atoms with Crippen molar-refractivity contribution in [1.82, 2.24) is 5.32 Å². The van der Waals surface area contributed by atoms with Crippen LogP contribution in [0, 0.1) is 24.6 Å². The van der Waals surface area contributed by atoms with Gasteiger partial charge in [-0.05, 0) is 61.4 Å². The molecule has 0 spiro atoms. The zero-order valence-corrected chi connectivity index (χ0v) is 12.4. The van der Waals surface area contributed by atoms with Gasteiger partial charge >= 0.3 is 0 Å². The van der Waals surface area contributed by atoms with Crippen molar-refractivity contribution in [2.24, 2.45) is 11.8 Å². The molecule has 2 heteroatoms. The van der Waals surface area contributed by atoms with Crippen molar-refractivity contribution in [3.63, 3.8) is 0 Å². The number of hydrogen-bond acceptors (Lipinski definition) is 1. The Hall–Kier alpha value is -0.890. The third kappa shape index (κ3) is 3.56. The molecule has 1 nitrogen and oxygen atoms in total. The zero-order chi connectivity index (χ0) is 13.8. The van der Waals surface area contributed by atoms with Gasteiger partial charge in [-0.1, -0.05) is 32.8 Å². The van der Waals surface area contributed by atoms with E-state index in [1.807, 2.05) is 13.0 Å². The summed E-state index contributed by atoms with van der Waals surface area (Å²) < 4.78 is 13.3. The highest BCUT2D eigenvalue weighted by molar-refractivity contribution is 5.30. The van der Waals surface area contributed by atoms with Crippen LogP contribution in [0.2, 0.25) is 0 Å². The van der Waals surface area contributed by atoms with Gasteiger partial charge in [0, 0.05) is 6.04 Å². The molecule has 0 aromatic heterocycles. The Labute approximate surface area is 116 Å². The van der Waals surface area contributed by atoms with Crippen LogP contribution in [0.4, 0.5) is 4.39 Å². The first-order chi connectivity index (χ1) is 9.11. The van der Waals surface area contributed by atoms with E-state index in [0.29, 0.717) is 12.0 Å². The highest BCUT2D eigenvalue weighted by Gasteiger charge is 2.28. The van der Waals surface area contributed by atoms with Crippen LogP contribution < -0.4 is 5.32 Å². The second kappa shape index (κ2) is 6.51. The van der Waals surface area contributed by atoms with Crippen molar-refractivity contribution < 1.29 is 4.39 Å². The summed E-state index contributed by atoms with van der Waals surface area (Å²) in [5, 5.41) is 3.63. The van der Waals surface area contributed by atoms with E-state index in [1.165, 1.54) is 31.2 Å². The molecule has 1 aliphatic rings. The monoisotopic (exact) mass is 263 g/mol. The Morgan fingerprint density at radius 3 is 2.79 bits per heavy atom. The minimum Gasteiger partial charge on any atom is -0.310 e. The van der Waals surface area contributed by atoms with Crippen LogP contribution in [-0.2, 0) is 0 Å². The van der Waals surface area contributed by atoms with E-state index >= 15 is 0 Å². The summed E-state index contributed by atoms with van der Waals surface area (Å²) >= 11 is 0. The average molecular weight is 263 g/mol. The molecule has 1 fully saturated rings. The van der Waals surface area contributed by atoms with Gasteiger partial charge in [-0.3, -0.25) is 0 Å². The first kappa shape index (κ1) is 14.5. The Morgan fingerprint density at radius 2 is 2.16 bits per heavy atom. The molecule has 0 bridgehead atoms. The first-order valence-electron chi connectivity index (χ1n) is 7.61. The molecule has 3 unspecified atom stereocenters. The molecule has 19 heavy (non-hydrogen) atoms. The number of nitrogens with one attached hydrogen (secondary N) is 1. The van der Waals surface area contributed by atoms with Crippen molar-refractivity contribution in [2.75, 3.05) is 6.54 Å². The highest BCUT2D eigenvalue weighted by atomic mass is 19.1. The van der Waals surface area contributed by atoms with Gasteiger partial charge in [-0.2, -0.15) is 0 Å². The molecule has 1 aromatic carbocycles. The third-order valence-electron chi connectivity index (χ3n) is 4.44. The van der Waals surface area contributed by atoms with E-state index in [1.54, 1.807) is 12.1 Å². The molecule has 0 saturated heterocycles. The topological polar surface area (TPSA) is 12.0 Å². The molecule has 1 aromatic rings. The number of rotatable bonds is 4. The fraction of sp³-hybridized carbons (Fsp3) is 0.647. The van der Waals surface area contributed by atoms with E-state index in [9.17, 15) is 4.39 Å². The van der Waals surface area contributed by atoms with Crippen LogP contribution in [0.15, 0.2) is 18.2 Å². The normalized spacial score (nSPS) is 25.3. The maximum absolute atomic E-state index is 13.3. The lowest BCUT2D eigenvalue weighted by Gasteiger charge is -2.34. The van der Waals surface area contributed by atoms with E-state index < -0.39 is 0 Å². The minimum atomic E-state index is -0.131. The van der Waals surface area contributed by atoms with Crippen molar-refractivity contribution in [1.29, 1.82) is 0 Å². The SMILES string of the molecule is CCNC(c1ccc(F)cc1C)C1CCCC(C)C1. The van der Waals surface area contributed by atoms with Crippen molar-refractivity contribution in [3.05, 3.63) is 35.1 Å². The maximum atomic E-state index is 13.3. The lowest BCUT2D eigenvalue weighted by atomic mass is 9.76. The van der Waals surface area contributed by atoms with E-state index in [0.717, 1.165) is 18.0 Å². The summed E-state index contributed by atoms with van der Waals surface area (Å²) in [6.45, 7) is 7.49.